The van der Waals surface area contributed by atoms with Gasteiger partial charge in [-0.15, -0.1) is 11.3 Å². The lowest BCUT2D eigenvalue weighted by molar-refractivity contribution is 0.00469. The number of rotatable bonds is 6. The van der Waals surface area contributed by atoms with Gasteiger partial charge in [-0.05, 0) is 11.4 Å². The molecule has 0 radical (unpaired) electrons. The molecule has 1 aromatic rings. The smallest absolute Gasteiger partial charge is 0.252 e. The molecule has 0 aromatic carbocycles. The monoisotopic (exact) mass is 375 g/mol. The van der Waals surface area contributed by atoms with Crippen LogP contribution in [0.4, 0.5) is 0 Å². The molecule has 2 aliphatic heterocycles. The van der Waals surface area contributed by atoms with E-state index in [1.165, 1.54) is 11.3 Å². The molecule has 3 heterocycles. The van der Waals surface area contributed by atoms with Crippen molar-refractivity contribution < 1.29 is 18.3 Å². The molecule has 0 bridgehead atoms. The predicted octanol–water partition coefficient (Wildman–Crippen LogP) is -0.252. The van der Waals surface area contributed by atoms with E-state index in [2.05, 4.69) is 9.80 Å². The van der Waals surface area contributed by atoms with Crippen molar-refractivity contribution in [1.82, 2.24) is 14.1 Å². The van der Waals surface area contributed by atoms with Crippen LogP contribution in [0.25, 0.3) is 0 Å². The molecule has 1 aromatic heterocycles. The van der Waals surface area contributed by atoms with Crippen molar-refractivity contribution in [3.8, 4) is 0 Å². The maximum Gasteiger partial charge on any atom is 0.252 e. The van der Waals surface area contributed by atoms with Gasteiger partial charge >= 0.3 is 0 Å². The zero-order valence-corrected chi connectivity index (χ0v) is 15.3. The first-order chi connectivity index (χ1) is 11.6. The lowest BCUT2D eigenvalue weighted by Gasteiger charge is -2.36. The third-order valence-corrected chi connectivity index (χ3v) is 7.73. The van der Waals surface area contributed by atoms with Gasteiger partial charge in [-0.3, -0.25) is 9.80 Å². The van der Waals surface area contributed by atoms with E-state index in [9.17, 15) is 13.5 Å². The first-order valence-corrected chi connectivity index (χ1v) is 10.6. The average molecular weight is 376 g/mol. The number of β-amino-alcohol motifs (C(OH)–C–C–N with tert-alkyl or cyclic N) is 1. The number of aliphatic hydroxyl groups excluding tert-OH is 1. The Kier molecular flexibility index (Phi) is 6.25. The molecule has 7 nitrogen and oxygen atoms in total. The van der Waals surface area contributed by atoms with Crippen LogP contribution in [-0.4, -0.2) is 99.3 Å². The number of sulfonamides is 1. The number of morpholine rings is 1. The average Bonchev–Trinajstić information content (AvgIpc) is 3.11. The number of piperazine rings is 1. The normalized spacial score (nSPS) is 23.4. The number of nitrogens with zero attached hydrogens (tertiary/aromatic N) is 3. The van der Waals surface area contributed by atoms with Gasteiger partial charge < -0.3 is 9.84 Å². The van der Waals surface area contributed by atoms with Gasteiger partial charge in [0, 0.05) is 52.4 Å². The highest BCUT2D eigenvalue weighted by molar-refractivity contribution is 7.91. The molecule has 2 fully saturated rings. The Labute approximate surface area is 147 Å². The lowest BCUT2D eigenvalue weighted by Crippen LogP contribution is -2.51. The second kappa shape index (κ2) is 8.22. The van der Waals surface area contributed by atoms with Gasteiger partial charge in [-0.1, -0.05) is 6.07 Å². The van der Waals surface area contributed by atoms with Gasteiger partial charge in [0.2, 0.25) is 0 Å². The van der Waals surface area contributed by atoms with Crippen molar-refractivity contribution in [2.24, 2.45) is 0 Å². The summed E-state index contributed by atoms with van der Waals surface area (Å²) < 4.78 is 32.2. The van der Waals surface area contributed by atoms with E-state index in [0.29, 0.717) is 43.5 Å². The fourth-order valence-electron chi connectivity index (χ4n) is 3.13. The molecule has 0 aliphatic carbocycles. The summed E-state index contributed by atoms with van der Waals surface area (Å²) in [5, 5.41) is 12.1. The number of ether oxygens (including phenoxy) is 1. The minimum Gasteiger partial charge on any atom is -0.390 e. The van der Waals surface area contributed by atoms with Gasteiger partial charge in [0.25, 0.3) is 10.0 Å². The summed E-state index contributed by atoms with van der Waals surface area (Å²) in [6, 6.07) is 3.41. The summed E-state index contributed by atoms with van der Waals surface area (Å²) in [6.45, 7) is 6.69. The third kappa shape index (κ3) is 4.54. The van der Waals surface area contributed by atoms with Gasteiger partial charge in [-0.25, -0.2) is 8.42 Å². The quantitative estimate of drug-likeness (QED) is 0.739. The number of hydrogen-bond acceptors (Lipinski definition) is 7. The molecule has 2 saturated heterocycles. The molecule has 3 rings (SSSR count). The maximum atomic E-state index is 12.5. The molecular weight excluding hydrogens is 350 g/mol. The maximum absolute atomic E-state index is 12.5. The molecule has 1 N–H and O–H groups in total. The summed E-state index contributed by atoms with van der Waals surface area (Å²) in [4.78, 5) is 4.36. The second-order valence-electron chi connectivity index (χ2n) is 6.20. The fraction of sp³-hybridized carbons (Fsp3) is 0.733. The van der Waals surface area contributed by atoms with Gasteiger partial charge in [0.1, 0.15) is 4.21 Å². The standard InChI is InChI=1S/C15H25N3O4S2/c19-14(13-17-7-9-22-10-8-17)12-16-3-5-18(6-4-16)24(20,21)15-2-1-11-23-15/h1-2,11,14,19H,3-10,12-13H2/t14-/m1/s1. The Morgan fingerprint density at radius 1 is 1.08 bits per heavy atom. The topological polar surface area (TPSA) is 73.3 Å². The second-order valence-corrected chi connectivity index (χ2v) is 9.32. The summed E-state index contributed by atoms with van der Waals surface area (Å²) in [6.07, 6.45) is -0.413. The highest BCUT2D eigenvalue weighted by Gasteiger charge is 2.29. The molecule has 0 spiro atoms. The molecule has 1 atom stereocenters. The third-order valence-electron chi connectivity index (χ3n) is 4.46. The Bertz CT molecular complexity index is 594. The number of aliphatic hydroxyl groups is 1. The summed E-state index contributed by atoms with van der Waals surface area (Å²) in [5.41, 5.74) is 0. The van der Waals surface area contributed by atoms with E-state index in [0.717, 1.165) is 26.3 Å². The first-order valence-electron chi connectivity index (χ1n) is 8.30. The van der Waals surface area contributed by atoms with E-state index >= 15 is 0 Å². The van der Waals surface area contributed by atoms with E-state index < -0.39 is 16.1 Å². The highest BCUT2D eigenvalue weighted by Crippen LogP contribution is 2.22. The zero-order valence-electron chi connectivity index (χ0n) is 13.7. The minimum atomic E-state index is -3.35. The summed E-state index contributed by atoms with van der Waals surface area (Å²) in [5.74, 6) is 0. The summed E-state index contributed by atoms with van der Waals surface area (Å²) in [7, 11) is -3.35. The Balaban J connectivity index is 1.45. The fourth-order valence-corrected chi connectivity index (χ4v) is 5.69. The first kappa shape index (κ1) is 18.2. The Morgan fingerprint density at radius 2 is 1.71 bits per heavy atom. The van der Waals surface area contributed by atoms with Crippen molar-refractivity contribution in [2.75, 3.05) is 65.6 Å². The van der Waals surface area contributed by atoms with E-state index in [1.807, 2.05) is 0 Å². The lowest BCUT2D eigenvalue weighted by atomic mass is 10.2. The molecule has 0 amide bonds. The van der Waals surface area contributed by atoms with Crippen molar-refractivity contribution in [2.45, 2.75) is 10.3 Å². The summed E-state index contributed by atoms with van der Waals surface area (Å²) >= 11 is 1.26. The molecule has 136 valence electrons. The van der Waals surface area contributed by atoms with E-state index in [4.69, 9.17) is 4.74 Å². The predicted molar refractivity (Wildman–Crippen MR) is 92.8 cm³/mol. The van der Waals surface area contributed by atoms with Crippen LogP contribution in [-0.2, 0) is 14.8 Å². The van der Waals surface area contributed by atoms with Gasteiger partial charge in [0.15, 0.2) is 0 Å². The molecule has 9 heteroatoms. The molecule has 0 unspecified atom stereocenters. The number of hydrogen-bond donors (Lipinski definition) is 1. The van der Waals surface area contributed by atoms with Crippen LogP contribution in [0.1, 0.15) is 0 Å². The van der Waals surface area contributed by atoms with Crippen molar-refractivity contribution in [3.05, 3.63) is 17.5 Å². The molecular formula is C15H25N3O4S2. The van der Waals surface area contributed by atoms with Crippen LogP contribution in [0.15, 0.2) is 21.7 Å². The molecule has 24 heavy (non-hydrogen) atoms. The Hall–Kier alpha value is -0.550. The van der Waals surface area contributed by atoms with Crippen LogP contribution in [0.2, 0.25) is 0 Å². The van der Waals surface area contributed by atoms with E-state index in [-0.39, 0.29) is 0 Å². The van der Waals surface area contributed by atoms with Crippen LogP contribution in [0, 0.1) is 0 Å². The SMILES string of the molecule is O=S(=O)(c1cccs1)N1CCN(C[C@@H](O)CN2CCOCC2)CC1. The molecule has 2 aliphatic rings. The van der Waals surface area contributed by atoms with Crippen molar-refractivity contribution in [3.63, 3.8) is 0 Å². The van der Waals surface area contributed by atoms with Gasteiger partial charge in [0.05, 0.1) is 19.3 Å². The Morgan fingerprint density at radius 3 is 2.29 bits per heavy atom. The largest absolute Gasteiger partial charge is 0.390 e. The van der Waals surface area contributed by atoms with Crippen LogP contribution < -0.4 is 0 Å². The molecule has 0 saturated carbocycles. The van der Waals surface area contributed by atoms with E-state index in [1.54, 1.807) is 21.8 Å². The van der Waals surface area contributed by atoms with Crippen molar-refractivity contribution >= 4 is 21.4 Å². The van der Waals surface area contributed by atoms with Crippen LogP contribution in [0.3, 0.4) is 0 Å². The van der Waals surface area contributed by atoms with Crippen molar-refractivity contribution in [1.29, 1.82) is 0 Å². The van der Waals surface area contributed by atoms with Crippen LogP contribution in [0.5, 0.6) is 0 Å². The number of thiophene rings is 1. The highest BCUT2D eigenvalue weighted by atomic mass is 32.2. The minimum absolute atomic E-state index is 0.406. The zero-order chi connectivity index (χ0) is 17.0. The van der Waals surface area contributed by atoms with Gasteiger partial charge in [-0.2, -0.15) is 4.31 Å². The van der Waals surface area contributed by atoms with Crippen LogP contribution >= 0.6 is 11.3 Å².